The number of unbranched alkanes of at least 4 members (excludes halogenated alkanes) is 31. The van der Waals surface area contributed by atoms with Crippen LogP contribution in [0.15, 0.2) is 60.8 Å². The van der Waals surface area contributed by atoms with Crippen molar-refractivity contribution in [3.8, 4) is 0 Å². The molecule has 0 aromatic heterocycles. The predicted molar refractivity (Wildman–Crippen MR) is 265 cm³/mol. The van der Waals surface area contributed by atoms with Gasteiger partial charge in [-0.15, -0.1) is 0 Å². The Morgan fingerprint density at radius 2 is 0.750 bits per heavy atom. The van der Waals surface area contributed by atoms with Crippen LogP contribution in [0.1, 0.15) is 264 Å². The van der Waals surface area contributed by atoms with E-state index in [1.165, 1.54) is 193 Å². The van der Waals surface area contributed by atoms with Gasteiger partial charge in [-0.1, -0.05) is 261 Å². The Morgan fingerprint density at radius 3 is 1.13 bits per heavy atom. The maximum absolute atomic E-state index is 12.3. The lowest BCUT2D eigenvalue weighted by molar-refractivity contribution is -0.154. The van der Waals surface area contributed by atoms with Crippen LogP contribution in [-0.4, -0.2) is 37.0 Å². The van der Waals surface area contributed by atoms with Gasteiger partial charge in [-0.2, -0.15) is 0 Å². The third-order valence-corrected chi connectivity index (χ3v) is 11.6. The molecule has 0 aliphatic carbocycles. The summed E-state index contributed by atoms with van der Waals surface area (Å²) in [4.78, 5) is 12.3. The molecule has 0 aromatic rings. The summed E-state index contributed by atoms with van der Waals surface area (Å²) in [6, 6.07) is 0. The van der Waals surface area contributed by atoms with E-state index >= 15 is 0 Å². The van der Waals surface area contributed by atoms with Gasteiger partial charge in [-0.3, -0.25) is 4.79 Å². The summed E-state index contributed by atoms with van der Waals surface area (Å²) in [6.07, 6.45) is 71.8. The van der Waals surface area contributed by atoms with Crippen molar-refractivity contribution in [2.75, 3.05) is 19.8 Å². The number of carbonyl (C=O) groups excluding carboxylic acids is 1. The van der Waals surface area contributed by atoms with Gasteiger partial charge in [-0.25, -0.2) is 0 Å². The van der Waals surface area contributed by atoms with Crippen LogP contribution in [0.5, 0.6) is 0 Å². The zero-order valence-electron chi connectivity index (χ0n) is 40.2. The zero-order chi connectivity index (χ0) is 43.3. The highest BCUT2D eigenvalue weighted by Crippen LogP contribution is 2.16. The molecule has 4 heteroatoms. The number of aliphatic hydroxyl groups excluding tert-OH is 1. The molecule has 0 saturated carbocycles. The van der Waals surface area contributed by atoms with E-state index in [1.807, 2.05) is 0 Å². The van der Waals surface area contributed by atoms with Gasteiger partial charge in [0.15, 0.2) is 0 Å². The Labute approximate surface area is 375 Å². The number of ether oxygens (including phenoxy) is 2. The first kappa shape index (κ1) is 58.1. The molecule has 0 rings (SSSR count). The Bertz CT molecular complexity index is 978. The number of hydrogen-bond donors (Lipinski definition) is 1. The Kier molecular flexibility index (Phi) is 51.5. The van der Waals surface area contributed by atoms with Gasteiger partial charge in [0.05, 0.1) is 13.2 Å². The Morgan fingerprint density at radius 1 is 0.417 bits per heavy atom. The molecule has 0 spiro atoms. The topological polar surface area (TPSA) is 55.8 Å². The normalized spacial score (nSPS) is 12.8. The lowest BCUT2D eigenvalue weighted by Crippen LogP contribution is -2.27. The summed E-state index contributed by atoms with van der Waals surface area (Å²) < 4.78 is 11.2. The van der Waals surface area contributed by atoms with Crippen LogP contribution >= 0.6 is 0 Å². The fourth-order valence-corrected chi connectivity index (χ4v) is 7.71. The number of allylic oxidation sites excluding steroid dienone is 10. The number of aliphatic hydroxyl groups is 1. The van der Waals surface area contributed by atoms with Gasteiger partial charge in [0.2, 0.25) is 0 Å². The third-order valence-electron chi connectivity index (χ3n) is 11.6. The molecule has 0 fully saturated rings. The van der Waals surface area contributed by atoms with Crippen molar-refractivity contribution in [3.05, 3.63) is 60.8 Å². The highest BCUT2D eigenvalue weighted by Gasteiger charge is 2.13. The van der Waals surface area contributed by atoms with Gasteiger partial charge in [-0.05, 0) is 57.8 Å². The summed E-state index contributed by atoms with van der Waals surface area (Å²) in [5.41, 5.74) is 0. The second kappa shape index (κ2) is 53.2. The summed E-state index contributed by atoms with van der Waals surface area (Å²) in [7, 11) is 0. The second-order valence-electron chi connectivity index (χ2n) is 17.6. The highest BCUT2D eigenvalue weighted by molar-refractivity contribution is 5.69. The summed E-state index contributed by atoms with van der Waals surface area (Å²) in [5.74, 6) is -0.198. The van der Waals surface area contributed by atoms with Crippen molar-refractivity contribution in [1.82, 2.24) is 0 Å². The Balaban J connectivity index is 3.41. The number of esters is 1. The van der Waals surface area contributed by atoms with Gasteiger partial charge >= 0.3 is 5.97 Å². The molecule has 1 atom stereocenters. The van der Waals surface area contributed by atoms with Crippen molar-refractivity contribution < 1.29 is 19.4 Å². The largest absolute Gasteiger partial charge is 0.457 e. The first-order valence-corrected chi connectivity index (χ1v) is 26.4. The average Bonchev–Trinajstić information content (AvgIpc) is 3.25. The molecule has 0 amide bonds. The minimum Gasteiger partial charge on any atom is -0.457 e. The Hall–Kier alpha value is -1.91. The standard InChI is InChI=1S/C56H102O4/c1-3-5-7-9-11-13-15-17-19-21-23-25-27-28-29-30-32-34-36-38-40-42-44-46-48-50-52-59-54-55(53-57)60-56(58)51-49-47-45-43-41-39-37-35-33-31-26-24-22-20-18-16-14-12-10-8-6-4-2/h5,7,11,13,17,19,23,25,28-29,55,57H,3-4,6,8-10,12,14-16,18,20-22,24,26-27,30-54H2,1-2H3/b7-5-,13-11-,19-17-,25-23-,29-28-. The quantitative estimate of drug-likeness (QED) is 0.0377. The minimum absolute atomic E-state index is 0.172. The molecule has 0 aliphatic heterocycles. The van der Waals surface area contributed by atoms with Crippen LogP contribution in [0.25, 0.3) is 0 Å². The molecule has 1 unspecified atom stereocenters. The summed E-state index contributed by atoms with van der Waals surface area (Å²) >= 11 is 0. The lowest BCUT2D eigenvalue weighted by Gasteiger charge is -2.16. The van der Waals surface area contributed by atoms with Gasteiger partial charge in [0.1, 0.15) is 6.10 Å². The number of hydrogen-bond acceptors (Lipinski definition) is 4. The van der Waals surface area contributed by atoms with Crippen LogP contribution in [0.2, 0.25) is 0 Å². The van der Waals surface area contributed by atoms with Crippen LogP contribution in [0.3, 0.4) is 0 Å². The molecule has 60 heavy (non-hydrogen) atoms. The van der Waals surface area contributed by atoms with E-state index in [9.17, 15) is 9.90 Å². The van der Waals surface area contributed by atoms with E-state index in [-0.39, 0.29) is 12.6 Å². The van der Waals surface area contributed by atoms with Crippen LogP contribution in [-0.2, 0) is 14.3 Å². The van der Waals surface area contributed by atoms with Gasteiger partial charge in [0, 0.05) is 13.0 Å². The molecule has 0 heterocycles. The average molecular weight is 839 g/mol. The van der Waals surface area contributed by atoms with Gasteiger partial charge in [0.25, 0.3) is 0 Å². The number of carbonyl (C=O) groups is 1. The summed E-state index contributed by atoms with van der Waals surface area (Å²) in [6.45, 7) is 5.26. The molecule has 0 aromatic carbocycles. The molecule has 0 radical (unpaired) electrons. The molecule has 0 bridgehead atoms. The number of rotatable bonds is 49. The molecule has 0 saturated heterocycles. The maximum atomic E-state index is 12.3. The zero-order valence-corrected chi connectivity index (χ0v) is 40.2. The van der Waals surface area contributed by atoms with Gasteiger partial charge < -0.3 is 14.6 Å². The van der Waals surface area contributed by atoms with Crippen LogP contribution in [0.4, 0.5) is 0 Å². The fourth-order valence-electron chi connectivity index (χ4n) is 7.71. The first-order chi connectivity index (χ1) is 29.7. The molecular formula is C56H102O4. The van der Waals surface area contributed by atoms with Crippen molar-refractivity contribution in [1.29, 1.82) is 0 Å². The van der Waals surface area contributed by atoms with Crippen molar-refractivity contribution >= 4 is 5.97 Å². The van der Waals surface area contributed by atoms with E-state index in [4.69, 9.17) is 9.47 Å². The van der Waals surface area contributed by atoms with Crippen molar-refractivity contribution in [3.63, 3.8) is 0 Å². The van der Waals surface area contributed by atoms with Crippen LogP contribution < -0.4 is 0 Å². The summed E-state index contributed by atoms with van der Waals surface area (Å²) in [5, 5.41) is 9.66. The highest BCUT2D eigenvalue weighted by atomic mass is 16.6. The van der Waals surface area contributed by atoms with E-state index < -0.39 is 6.10 Å². The SMILES string of the molecule is CC/C=C\C/C=C\C/C=C\C/C=C\C/C=C\CCCCCCCCCCCCOCC(CO)OC(=O)CCCCCCCCCCCCCCCCCCCCCCCC. The minimum atomic E-state index is -0.538. The second-order valence-corrected chi connectivity index (χ2v) is 17.6. The lowest BCUT2D eigenvalue weighted by atomic mass is 10.0. The van der Waals surface area contributed by atoms with Crippen molar-refractivity contribution in [2.45, 2.75) is 270 Å². The maximum Gasteiger partial charge on any atom is 0.306 e. The molecule has 1 N–H and O–H groups in total. The third kappa shape index (κ3) is 50.4. The molecule has 350 valence electrons. The molecule has 4 nitrogen and oxygen atoms in total. The fraction of sp³-hybridized carbons (Fsp3) is 0.804. The van der Waals surface area contributed by atoms with Crippen molar-refractivity contribution in [2.24, 2.45) is 0 Å². The smallest absolute Gasteiger partial charge is 0.306 e. The molecule has 0 aliphatic rings. The first-order valence-electron chi connectivity index (χ1n) is 26.4. The van der Waals surface area contributed by atoms with E-state index in [2.05, 4.69) is 74.6 Å². The molecular weight excluding hydrogens is 737 g/mol. The van der Waals surface area contributed by atoms with E-state index in [0.29, 0.717) is 19.6 Å². The van der Waals surface area contributed by atoms with E-state index in [1.54, 1.807) is 0 Å². The van der Waals surface area contributed by atoms with E-state index in [0.717, 1.165) is 51.4 Å². The van der Waals surface area contributed by atoms with Crippen LogP contribution in [0, 0.1) is 0 Å². The monoisotopic (exact) mass is 839 g/mol. The predicted octanol–water partition coefficient (Wildman–Crippen LogP) is 17.9.